The number of aromatic nitrogens is 4. The van der Waals surface area contributed by atoms with E-state index < -0.39 is 47.7 Å². The average Bonchev–Trinajstić information content (AvgIpc) is 3.87. The Morgan fingerprint density at radius 1 is 0.774 bits per heavy atom. The van der Waals surface area contributed by atoms with Crippen molar-refractivity contribution < 1.29 is 43.1 Å². The summed E-state index contributed by atoms with van der Waals surface area (Å²) in [5.41, 5.74) is 0.608. The van der Waals surface area contributed by atoms with Gasteiger partial charge in [0, 0.05) is 5.69 Å². The summed E-state index contributed by atoms with van der Waals surface area (Å²) in [5, 5.41) is 17.3. The minimum Gasteiger partial charge on any atom is -0.497 e. The molecular weight excluding hydrogens is 797 g/mol. The van der Waals surface area contributed by atoms with E-state index in [1.165, 1.54) is 10.9 Å². The number of carbonyl (C=O) groups is 2. The summed E-state index contributed by atoms with van der Waals surface area (Å²) in [5.74, 6) is 0.963. The van der Waals surface area contributed by atoms with Crippen molar-refractivity contribution in [3.05, 3.63) is 173 Å². The van der Waals surface area contributed by atoms with Crippen LogP contribution in [0.5, 0.6) is 17.2 Å². The number of nitrogens with one attached hydrogen (secondary N) is 3. The molecule has 316 valence electrons. The van der Waals surface area contributed by atoms with E-state index >= 15 is 0 Å². The van der Waals surface area contributed by atoms with E-state index in [0.717, 1.165) is 16.7 Å². The number of hydrogen-bond acceptors (Lipinski definition) is 12. The molecule has 5 aromatic carbocycles. The Balaban J connectivity index is 1.14. The van der Waals surface area contributed by atoms with Gasteiger partial charge in [0.25, 0.3) is 11.5 Å². The highest BCUT2D eigenvalue weighted by Gasteiger charge is 2.50. The molecule has 3 heterocycles. The van der Waals surface area contributed by atoms with Crippen LogP contribution in [0.1, 0.15) is 22.9 Å². The molecular formula is C46H42N6O10. The van der Waals surface area contributed by atoms with Crippen molar-refractivity contribution in [3.8, 4) is 17.2 Å². The first-order chi connectivity index (χ1) is 30.2. The lowest BCUT2D eigenvalue weighted by atomic mass is 9.80. The summed E-state index contributed by atoms with van der Waals surface area (Å²) in [6, 6.07) is 41.9. The highest BCUT2D eigenvalue weighted by Crippen LogP contribution is 2.43. The maximum atomic E-state index is 13.5. The molecule has 1 saturated heterocycles. The third-order valence-corrected chi connectivity index (χ3v) is 10.3. The second-order valence-electron chi connectivity index (χ2n) is 14.1. The van der Waals surface area contributed by atoms with E-state index in [0.29, 0.717) is 22.9 Å². The van der Waals surface area contributed by atoms with Crippen LogP contribution < -0.4 is 30.4 Å². The van der Waals surface area contributed by atoms with Crippen molar-refractivity contribution >= 4 is 34.8 Å². The normalized spacial score (nSPS) is 17.3. The van der Waals surface area contributed by atoms with E-state index in [-0.39, 0.29) is 30.3 Å². The molecule has 0 radical (unpaired) electrons. The monoisotopic (exact) mass is 838 g/mol. The number of hydrogen-bond donors (Lipinski definition) is 4. The zero-order valence-corrected chi connectivity index (χ0v) is 33.5. The first kappa shape index (κ1) is 41.2. The van der Waals surface area contributed by atoms with Gasteiger partial charge in [-0.25, -0.2) is 9.78 Å². The van der Waals surface area contributed by atoms with E-state index in [4.69, 9.17) is 28.4 Å². The quantitative estimate of drug-likeness (QED) is 0.0876. The number of amides is 2. The van der Waals surface area contributed by atoms with Gasteiger partial charge in [0.15, 0.2) is 30.1 Å². The number of methoxy groups -OCH3 is 2. The highest BCUT2D eigenvalue weighted by atomic mass is 16.6. The molecule has 4 N–H and O–H groups in total. The first-order valence-electron chi connectivity index (χ1n) is 19.5. The second kappa shape index (κ2) is 18.4. The van der Waals surface area contributed by atoms with Gasteiger partial charge in [0.05, 0.1) is 27.2 Å². The maximum absolute atomic E-state index is 13.5. The molecule has 4 atom stereocenters. The van der Waals surface area contributed by atoms with Gasteiger partial charge in [0.2, 0.25) is 5.95 Å². The minimum atomic E-state index is -1.55. The topological polar surface area (TPSA) is 197 Å². The molecule has 0 spiro atoms. The van der Waals surface area contributed by atoms with Gasteiger partial charge in [-0.2, -0.15) is 4.98 Å². The lowest BCUT2D eigenvalue weighted by molar-refractivity contribution is -0.118. The van der Waals surface area contributed by atoms with Crippen LogP contribution in [-0.4, -0.2) is 82.4 Å². The molecule has 1 fully saturated rings. The standard InChI is InChI=1S/C46H42N6O10/c1-57-33-22-18-30(19-23-33)46(29-12-6-3-7-13-29,31-20-24-34(58-2)25-21-31)60-26-36-40(62-45(56)48-32-14-8-4-9-15-32)39(54)43(61-36)52-28-47-38-41(52)50-44(51-42(38)55)49-37(53)27-59-35-16-10-5-11-17-35/h3-25,28,36,39-40,43,54H,26-27H2,1-2H3,(H,48,56)(H2,49,50,51,53,55)/t36-,39-,40-,43-/m1/s1. The predicted molar refractivity (Wildman–Crippen MR) is 227 cm³/mol. The Labute approximate surface area is 355 Å². The summed E-state index contributed by atoms with van der Waals surface area (Å²) in [7, 11) is 3.17. The summed E-state index contributed by atoms with van der Waals surface area (Å²) < 4.78 is 37.5. The number of carbonyl (C=O) groups excluding carboxylic acids is 2. The average molecular weight is 839 g/mol. The summed E-state index contributed by atoms with van der Waals surface area (Å²) in [6.07, 6.45) is -4.90. The van der Waals surface area contributed by atoms with Crippen molar-refractivity contribution in [2.75, 3.05) is 38.1 Å². The Morgan fingerprint density at radius 2 is 1.35 bits per heavy atom. The number of aliphatic hydroxyl groups excluding tert-OH is 1. The number of rotatable bonds is 15. The van der Waals surface area contributed by atoms with Crippen LogP contribution in [0.25, 0.3) is 11.2 Å². The summed E-state index contributed by atoms with van der Waals surface area (Å²) in [6.45, 7) is -0.605. The number of H-pyrrole nitrogens is 1. The van der Waals surface area contributed by atoms with Gasteiger partial charge in [0.1, 0.15) is 35.1 Å². The van der Waals surface area contributed by atoms with Crippen LogP contribution in [-0.2, 0) is 24.6 Å². The summed E-state index contributed by atoms with van der Waals surface area (Å²) in [4.78, 5) is 50.8. The molecule has 8 rings (SSSR count). The SMILES string of the molecule is COc1ccc(C(OC[C@H]2O[C@@H](n3cnc4c(=O)[nH]c(NC(=O)COc5ccccc5)nc43)[C@H](O)[C@@H]2OC(=O)Nc2ccccc2)(c2ccccc2)c2ccc(OC)cc2)cc1. The lowest BCUT2D eigenvalue weighted by Crippen LogP contribution is -2.42. The van der Waals surface area contributed by atoms with Crippen LogP contribution in [0.15, 0.2) is 151 Å². The predicted octanol–water partition coefficient (Wildman–Crippen LogP) is 6.04. The highest BCUT2D eigenvalue weighted by molar-refractivity contribution is 5.90. The molecule has 16 heteroatoms. The number of aliphatic hydroxyl groups is 1. The van der Waals surface area contributed by atoms with Gasteiger partial charge in [-0.05, 0) is 65.2 Å². The van der Waals surface area contributed by atoms with Gasteiger partial charge in [-0.3, -0.25) is 29.8 Å². The van der Waals surface area contributed by atoms with Crippen LogP contribution in [0.2, 0.25) is 0 Å². The van der Waals surface area contributed by atoms with E-state index in [1.54, 1.807) is 68.8 Å². The number of nitrogens with zero attached hydrogens (tertiary/aromatic N) is 3. The molecule has 1 aliphatic rings. The van der Waals surface area contributed by atoms with Gasteiger partial charge in [-0.15, -0.1) is 0 Å². The van der Waals surface area contributed by atoms with E-state index in [1.807, 2.05) is 84.9 Å². The van der Waals surface area contributed by atoms with Crippen molar-refractivity contribution in [2.45, 2.75) is 30.1 Å². The molecule has 0 saturated carbocycles. The molecule has 1 aliphatic heterocycles. The fourth-order valence-corrected chi connectivity index (χ4v) is 7.31. The van der Waals surface area contributed by atoms with Gasteiger partial charge >= 0.3 is 6.09 Å². The van der Waals surface area contributed by atoms with Crippen LogP contribution in [0.3, 0.4) is 0 Å². The maximum Gasteiger partial charge on any atom is 0.412 e. The summed E-state index contributed by atoms with van der Waals surface area (Å²) >= 11 is 0. The Bertz CT molecular complexity index is 2610. The van der Waals surface area contributed by atoms with Crippen LogP contribution >= 0.6 is 0 Å². The molecule has 62 heavy (non-hydrogen) atoms. The minimum absolute atomic E-state index is 0.0266. The van der Waals surface area contributed by atoms with Crippen molar-refractivity contribution in [1.29, 1.82) is 0 Å². The number of aromatic amines is 1. The third-order valence-electron chi connectivity index (χ3n) is 10.3. The molecule has 2 aromatic heterocycles. The smallest absolute Gasteiger partial charge is 0.412 e. The van der Waals surface area contributed by atoms with E-state index in [2.05, 4.69) is 25.6 Å². The Kier molecular flexibility index (Phi) is 12.2. The first-order valence-corrected chi connectivity index (χ1v) is 19.5. The number of imidazole rings is 1. The fraction of sp³-hybridized carbons (Fsp3) is 0.196. The largest absolute Gasteiger partial charge is 0.497 e. The number of fused-ring (bicyclic) bond motifs is 1. The molecule has 16 nitrogen and oxygen atoms in total. The fourth-order valence-electron chi connectivity index (χ4n) is 7.31. The van der Waals surface area contributed by atoms with Crippen molar-refractivity contribution in [3.63, 3.8) is 0 Å². The zero-order chi connectivity index (χ0) is 43.1. The lowest BCUT2D eigenvalue weighted by Gasteiger charge is -2.37. The van der Waals surface area contributed by atoms with Crippen molar-refractivity contribution in [2.24, 2.45) is 0 Å². The Hall–Kier alpha value is -7.53. The van der Waals surface area contributed by atoms with Crippen molar-refractivity contribution in [1.82, 2.24) is 19.5 Å². The molecule has 2 amide bonds. The number of ether oxygens (including phenoxy) is 6. The van der Waals surface area contributed by atoms with E-state index in [9.17, 15) is 19.5 Å². The Morgan fingerprint density at radius 3 is 1.97 bits per heavy atom. The van der Waals surface area contributed by atoms with Crippen LogP contribution in [0, 0.1) is 0 Å². The molecule has 0 aliphatic carbocycles. The molecule has 0 unspecified atom stereocenters. The molecule has 7 aromatic rings. The number of benzene rings is 5. The third kappa shape index (κ3) is 8.69. The second-order valence-corrected chi connectivity index (χ2v) is 14.1. The van der Waals surface area contributed by atoms with Crippen LogP contribution in [0.4, 0.5) is 16.4 Å². The zero-order valence-electron chi connectivity index (χ0n) is 33.5. The number of anilines is 2. The van der Waals surface area contributed by atoms with Gasteiger partial charge in [-0.1, -0.05) is 91.0 Å². The molecule has 0 bridgehead atoms. The van der Waals surface area contributed by atoms with Gasteiger partial charge < -0.3 is 33.5 Å². The number of para-hydroxylation sites is 2.